The highest BCUT2D eigenvalue weighted by molar-refractivity contribution is 5.91. The van der Waals surface area contributed by atoms with Crippen molar-refractivity contribution in [3.63, 3.8) is 0 Å². The molecule has 2 amide bonds. The second kappa shape index (κ2) is 13.4. The maximum atomic E-state index is 13.8. The third-order valence-corrected chi connectivity index (χ3v) is 7.23. The van der Waals surface area contributed by atoms with E-state index < -0.39 is 11.5 Å². The van der Waals surface area contributed by atoms with Gasteiger partial charge in [0.2, 0.25) is 11.8 Å². The van der Waals surface area contributed by atoms with Crippen LogP contribution in [0, 0.1) is 17.3 Å². The van der Waals surface area contributed by atoms with E-state index in [1.54, 1.807) is 31.9 Å². The first-order valence-electron chi connectivity index (χ1n) is 13.3. The van der Waals surface area contributed by atoms with E-state index in [1.807, 2.05) is 34.6 Å². The maximum absolute atomic E-state index is 13.8. The van der Waals surface area contributed by atoms with Crippen molar-refractivity contribution in [2.75, 3.05) is 20.2 Å². The number of esters is 1. The molecule has 0 aromatic heterocycles. The van der Waals surface area contributed by atoms with Crippen molar-refractivity contribution in [1.82, 2.24) is 15.1 Å². The molecule has 7 heteroatoms. The van der Waals surface area contributed by atoms with E-state index in [4.69, 9.17) is 4.74 Å². The lowest BCUT2D eigenvalue weighted by Gasteiger charge is -2.42. The van der Waals surface area contributed by atoms with Crippen molar-refractivity contribution in [2.24, 2.45) is 17.3 Å². The molecule has 0 bridgehead atoms. The van der Waals surface area contributed by atoms with Gasteiger partial charge >= 0.3 is 5.97 Å². The predicted octanol–water partition coefficient (Wildman–Crippen LogP) is 4.41. The fraction of sp³-hybridized carbons (Fsp3) is 0.821. The first-order chi connectivity index (χ1) is 16.1. The van der Waals surface area contributed by atoms with E-state index >= 15 is 0 Å². The summed E-state index contributed by atoms with van der Waals surface area (Å²) in [5.41, 5.74) is -0.00643. The fourth-order valence-corrected chi connectivity index (χ4v) is 4.66. The second-order valence-corrected chi connectivity index (χ2v) is 11.8. The summed E-state index contributed by atoms with van der Waals surface area (Å²) in [5.74, 6) is -0.0903. The second-order valence-electron chi connectivity index (χ2n) is 11.8. The monoisotopic (exact) mass is 493 g/mol. The molecule has 0 aromatic carbocycles. The molecule has 202 valence electrons. The van der Waals surface area contributed by atoms with Gasteiger partial charge < -0.3 is 15.0 Å². The Bertz CT molecular complexity index is 754. The Labute approximate surface area is 214 Å². The summed E-state index contributed by atoms with van der Waals surface area (Å²) < 4.78 is 5.12. The van der Waals surface area contributed by atoms with Gasteiger partial charge in [0.25, 0.3) is 0 Å². The molecular formula is C28H51N3O4. The summed E-state index contributed by atoms with van der Waals surface area (Å²) in [5, 5.41) is 3.14. The Morgan fingerprint density at radius 2 is 1.69 bits per heavy atom. The van der Waals surface area contributed by atoms with Crippen molar-refractivity contribution in [1.29, 1.82) is 0 Å². The van der Waals surface area contributed by atoms with Gasteiger partial charge in [-0.25, -0.2) is 4.79 Å². The van der Waals surface area contributed by atoms with Crippen LogP contribution in [0.1, 0.15) is 88.5 Å². The number of carbonyl (C=O) groups is 3. The van der Waals surface area contributed by atoms with Gasteiger partial charge in [0.1, 0.15) is 6.04 Å². The molecular weight excluding hydrogens is 442 g/mol. The van der Waals surface area contributed by atoms with Gasteiger partial charge in [0.15, 0.2) is 0 Å². The van der Waals surface area contributed by atoms with E-state index in [0.29, 0.717) is 24.1 Å². The largest absolute Gasteiger partial charge is 0.463 e. The zero-order chi connectivity index (χ0) is 27.1. The Morgan fingerprint density at radius 1 is 1.09 bits per heavy atom. The van der Waals surface area contributed by atoms with Crippen LogP contribution in [0.3, 0.4) is 0 Å². The maximum Gasteiger partial charge on any atom is 0.333 e. The van der Waals surface area contributed by atoms with Crippen LogP contribution < -0.4 is 5.32 Å². The summed E-state index contributed by atoms with van der Waals surface area (Å²) in [6, 6.07) is -0.925. The van der Waals surface area contributed by atoms with Gasteiger partial charge in [-0.2, -0.15) is 0 Å². The van der Waals surface area contributed by atoms with Crippen LogP contribution in [-0.4, -0.2) is 72.0 Å². The van der Waals surface area contributed by atoms with Crippen molar-refractivity contribution >= 4 is 17.8 Å². The van der Waals surface area contributed by atoms with E-state index in [9.17, 15) is 14.4 Å². The number of likely N-dealkylation sites (tertiary alicyclic amines) is 1. The SMILES string of the molecule is CCOC(=O)/C(C)=C/C(C(C)C)N(C)C(=O)C(NC(=O)[C@H]1CCCCN1C(C)C(C)C)C(C)(C)C. The molecule has 0 spiro atoms. The highest BCUT2D eigenvalue weighted by Crippen LogP contribution is 2.27. The van der Waals surface area contributed by atoms with Crippen LogP contribution in [0.4, 0.5) is 0 Å². The molecule has 0 saturated carbocycles. The van der Waals surface area contributed by atoms with Gasteiger partial charge in [-0.05, 0) is 57.4 Å². The van der Waals surface area contributed by atoms with Gasteiger partial charge in [-0.15, -0.1) is 0 Å². The molecule has 1 fully saturated rings. The average Bonchev–Trinajstić information content (AvgIpc) is 2.78. The van der Waals surface area contributed by atoms with Crippen molar-refractivity contribution in [2.45, 2.75) is 113 Å². The Morgan fingerprint density at radius 3 is 2.17 bits per heavy atom. The minimum absolute atomic E-state index is 0.0711. The molecule has 1 saturated heterocycles. The number of likely N-dealkylation sites (N-methyl/N-ethyl adjacent to an activating group) is 1. The number of ether oxygens (including phenoxy) is 1. The summed E-state index contributed by atoms with van der Waals surface area (Å²) in [7, 11) is 1.75. The van der Waals surface area contributed by atoms with Crippen molar-refractivity contribution in [3.05, 3.63) is 11.6 Å². The molecule has 1 aliphatic heterocycles. The zero-order valence-corrected chi connectivity index (χ0v) is 24.1. The third-order valence-electron chi connectivity index (χ3n) is 7.23. The number of nitrogens with one attached hydrogen (secondary N) is 1. The molecule has 1 N–H and O–H groups in total. The topological polar surface area (TPSA) is 79.0 Å². The molecule has 0 aliphatic carbocycles. The number of hydrogen-bond acceptors (Lipinski definition) is 5. The number of rotatable bonds is 10. The van der Waals surface area contributed by atoms with Crippen molar-refractivity contribution < 1.29 is 19.1 Å². The number of carbonyl (C=O) groups excluding carboxylic acids is 3. The summed E-state index contributed by atoms with van der Waals surface area (Å²) in [4.78, 5) is 43.5. The average molecular weight is 494 g/mol. The lowest BCUT2D eigenvalue weighted by atomic mass is 9.84. The van der Waals surface area contributed by atoms with Gasteiger partial charge in [0, 0.05) is 18.7 Å². The normalized spacial score (nSPS) is 20.4. The van der Waals surface area contributed by atoms with Crippen LogP contribution in [-0.2, 0) is 19.1 Å². The zero-order valence-electron chi connectivity index (χ0n) is 24.1. The minimum atomic E-state index is -0.685. The summed E-state index contributed by atoms with van der Waals surface area (Å²) in [6.45, 7) is 21.2. The van der Waals surface area contributed by atoms with Crippen molar-refractivity contribution in [3.8, 4) is 0 Å². The first kappa shape index (κ1) is 31.1. The minimum Gasteiger partial charge on any atom is -0.463 e. The van der Waals surface area contributed by atoms with E-state index in [2.05, 4.69) is 31.0 Å². The van der Waals surface area contributed by atoms with E-state index in [1.165, 1.54) is 0 Å². The molecule has 0 aromatic rings. The van der Waals surface area contributed by atoms with Crippen LogP contribution in [0.5, 0.6) is 0 Å². The quantitative estimate of drug-likeness (QED) is 0.360. The van der Waals surface area contributed by atoms with Gasteiger partial charge in [-0.3, -0.25) is 14.5 Å². The highest BCUT2D eigenvalue weighted by Gasteiger charge is 2.40. The van der Waals surface area contributed by atoms with Crippen LogP contribution >= 0.6 is 0 Å². The fourth-order valence-electron chi connectivity index (χ4n) is 4.66. The Kier molecular flexibility index (Phi) is 11.9. The standard InChI is InChI=1S/C28H51N3O4/c1-12-35-27(34)20(6)17-23(19(4)5)30(11)26(33)24(28(8,9)10)29-25(32)22-15-13-14-16-31(22)21(7)18(2)3/h17-19,21-24H,12-16H2,1-11H3,(H,29,32)/b20-17+/t21?,22-,23?,24?/m1/s1. The van der Waals surface area contributed by atoms with Gasteiger partial charge in [0.05, 0.1) is 18.7 Å². The predicted molar refractivity (Wildman–Crippen MR) is 142 cm³/mol. The van der Waals surface area contributed by atoms with E-state index in [-0.39, 0.29) is 35.8 Å². The van der Waals surface area contributed by atoms with Crippen LogP contribution in [0.2, 0.25) is 0 Å². The highest BCUT2D eigenvalue weighted by atomic mass is 16.5. The number of nitrogens with zero attached hydrogens (tertiary/aromatic N) is 2. The molecule has 1 heterocycles. The van der Waals surface area contributed by atoms with Crippen LogP contribution in [0.15, 0.2) is 11.6 Å². The molecule has 1 rings (SSSR count). The summed E-state index contributed by atoms with van der Waals surface area (Å²) in [6.07, 6.45) is 4.71. The summed E-state index contributed by atoms with van der Waals surface area (Å²) >= 11 is 0. The molecule has 7 nitrogen and oxygen atoms in total. The number of hydrogen-bond donors (Lipinski definition) is 1. The first-order valence-corrected chi connectivity index (χ1v) is 13.3. The number of amides is 2. The molecule has 0 radical (unpaired) electrons. The smallest absolute Gasteiger partial charge is 0.333 e. The Balaban J connectivity index is 3.19. The van der Waals surface area contributed by atoms with E-state index in [0.717, 1.165) is 25.8 Å². The molecule has 3 unspecified atom stereocenters. The molecule has 1 aliphatic rings. The Hall–Kier alpha value is -1.89. The lowest BCUT2D eigenvalue weighted by Crippen LogP contribution is -2.61. The van der Waals surface area contributed by atoms with Gasteiger partial charge in [-0.1, -0.05) is 61.0 Å². The molecule has 4 atom stereocenters. The van der Waals surface area contributed by atoms with Crippen LogP contribution in [0.25, 0.3) is 0 Å². The molecule has 35 heavy (non-hydrogen) atoms. The third kappa shape index (κ3) is 8.62. The number of piperidine rings is 1. The lowest BCUT2D eigenvalue weighted by molar-refractivity contribution is -0.142.